The Morgan fingerprint density at radius 2 is 2.36 bits per heavy atom. The van der Waals surface area contributed by atoms with E-state index in [0.29, 0.717) is 18.9 Å². The molecule has 0 spiro atoms. The van der Waals surface area contributed by atoms with Gasteiger partial charge >= 0.3 is 5.97 Å². The summed E-state index contributed by atoms with van der Waals surface area (Å²) in [6, 6.07) is 0. The van der Waals surface area contributed by atoms with Gasteiger partial charge in [-0.2, -0.15) is 0 Å². The van der Waals surface area contributed by atoms with E-state index in [0.717, 1.165) is 0 Å². The minimum Gasteiger partial charge on any atom is -0.499 e. The topological polar surface area (TPSA) is 46.5 Å². The molecule has 0 rings (SSSR count). The van der Waals surface area contributed by atoms with Crippen LogP contribution in [0.2, 0.25) is 0 Å². The molecule has 64 valence electrons. The van der Waals surface area contributed by atoms with Crippen molar-refractivity contribution in [2.45, 2.75) is 13.3 Å². The van der Waals surface area contributed by atoms with Crippen molar-refractivity contribution in [1.82, 2.24) is 0 Å². The fraction of sp³-hybridized carbons (Fsp3) is 0.571. The Hall–Kier alpha value is -0.700. The van der Waals surface area contributed by atoms with Crippen molar-refractivity contribution in [3.05, 3.63) is 11.8 Å². The molecule has 0 aliphatic carbocycles. The molecule has 0 saturated heterocycles. The summed E-state index contributed by atoms with van der Waals surface area (Å²) < 4.78 is 4.82. The zero-order valence-electron chi connectivity index (χ0n) is 6.34. The number of ether oxygens (including phenoxy) is 1. The van der Waals surface area contributed by atoms with Crippen molar-refractivity contribution in [2.24, 2.45) is 0 Å². The number of carbonyl (C=O) groups is 1. The van der Waals surface area contributed by atoms with E-state index in [1.807, 2.05) is 0 Å². The quantitative estimate of drug-likeness (QED) is 0.301. The van der Waals surface area contributed by atoms with Crippen LogP contribution in [0.3, 0.4) is 0 Å². The van der Waals surface area contributed by atoms with Gasteiger partial charge in [0.1, 0.15) is 6.61 Å². The van der Waals surface area contributed by atoms with Crippen LogP contribution >= 0.6 is 11.6 Å². The number of carboxylic acids is 1. The zero-order valence-corrected chi connectivity index (χ0v) is 7.10. The van der Waals surface area contributed by atoms with Crippen molar-refractivity contribution >= 4 is 17.6 Å². The average Bonchev–Trinajstić information content (AvgIpc) is 1.97. The molecule has 0 aromatic heterocycles. The first-order chi connectivity index (χ1) is 5.22. The van der Waals surface area contributed by atoms with E-state index < -0.39 is 5.97 Å². The molecule has 0 fully saturated rings. The second kappa shape index (κ2) is 6.04. The van der Waals surface area contributed by atoms with E-state index in [2.05, 4.69) is 0 Å². The van der Waals surface area contributed by atoms with E-state index >= 15 is 0 Å². The van der Waals surface area contributed by atoms with Crippen LogP contribution in [0, 0.1) is 0 Å². The van der Waals surface area contributed by atoms with Crippen LogP contribution in [0.1, 0.15) is 13.3 Å². The number of aliphatic carboxylic acids is 1. The lowest BCUT2D eigenvalue weighted by Crippen LogP contribution is -2.00. The van der Waals surface area contributed by atoms with Gasteiger partial charge in [-0.15, -0.1) is 11.6 Å². The van der Waals surface area contributed by atoms with E-state index in [1.165, 1.54) is 6.26 Å². The fourth-order valence-electron chi connectivity index (χ4n) is 0.489. The molecule has 0 aromatic rings. The number of hydrogen-bond acceptors (Lipinski definition) is 2. The molecular weight excluding hydrogens is 168 g/mol. The monoisotopic (exact) mass is 178 g/mol. The molecule has 0 aliphatic rings. The van der Waals surface area contributed by atoms with Crippen LogP contribution in [0.4, 0.5) is 0 Å². The minimum absolute atomic E-state index is 0.259. The average molecular weight is 179 g/mol. The highest BCUT2D eigenvalue weighted by molar-refractivity contribution is 6.17. The van der Waals surface area contributed by atoms with Crippen molar-refractivity contribution in [3.8, 4) is 0 Å². The van der Waals surface area contributed by atoms with Gasteiger partial charge in [0.15, 0.2) is 0 Å². The Morgan fingerprint density at radius 3 is 2.73 bits per heavy atom. The Kier molecular flexibility index (Phi) is 5.65. The lowest BCUT2D eigenvalue weighted by atomic mass is 10.2. The van der Waals surface area contributed by atoms with Crippen LogP contribution < -0.4 is 0 Å². The van der Waals surface area contributed by atoms with Crippen LogP contribution in [0.5, 0.6) is 0 Å². The van der Waals surface area contributed by atoms with Gasteiger partial charge in [0.05, 0.1) is 17.7 Å². The van der Waals surface area contributed by atoms with Crippen molar-refractivity contribution in [3.63, 3.8) is 0 Å². The van der Waals surface area contributed by atoms with Crippen LogP contribution in [0.15, 0.2) is 11.8 Å². The van der Waals surface area contributed by atoms with Crippen molar-refractivity contribution < 1.29 is 14.6 Å². The number of halogens is 1. The van der Waals surface area contributed by atoms with Gasteiger partial charge in [-0.3, -0.25) is 0 Å². The summed E-state index contributed by atoms with van der Waals surface area (Å²) in [5.41, 5.74) is 0.259. The first-order valence-electron chi connectivity index (χ1n) is 3.32. The minimum atomic E-state index is -0.943. The third-order valence-corrected chi connectivity index (χ3v) is 1.23. The molecule has 0 aliphatic heterocycles. The summed E-state index contributed by atoms with van der Waals surface area (Å²) in [7, 11) is 0. The van der Waals surface area contributed by atoms with Gasteiger partial charge < -0.3 is 9.84 Å². The maximum atomic E-state index is 10.3. The SMILES string of the molecule is CC/C(=C\OCCCl)C(=O)O. The number of alkyl halides is 1. The van der Waals surface area contributed by atoms with E-state index in [4.69, 9.17) is 21.4 Å². The zero-order chi connectivity index (χ0) is 8.69. The van der Waals surface area contributed by atoms with E-state index in [9.17, 15) is 4.79 Å². The van der Waals surface area contributed by atoms with Crippen molar-refractivity contribution in [1.29, 1.82) is 0 Å². The predicted octanol–water partition coefficient (Wildman–Crippen LogP) is 1.62. The fourth-order valence-corrected chi connectivity index (χ4v) is 0.578. The van der Waals surface area contributed by atoms with Crippen LogP contribution in [-0.2, 0) is 9.53 Å². The number of rotatable bonds is 5. The molecular formula is C7H11ClO3. The second-order valence-electron chi connectivity index (χ2n) is 1.86. The molecule has 0 bridgehead atoms. The molecule has 11 heavy (non-hydrogen) atoms. The molecule has 0 heterocycles. The molecule has 0 saturated carbocycles. The molecule has 0 aromatic carbocycles. The standard InChI is InChI=1S/C7H11ClO3/c1-2-6(7(9)10)5-11-4-3-8/h5H,2-4H2,1H3,(H,9,10)/b6-5+. The summed E-state index contributed by atoms with van der Waals surface area (Å²) in [6.45, 7) is 2.10. The largest absolute Gasteiger partial charge is 0.499 e. The van der Waals surface area contributed by atoms with Gasteiger partial charge in [-0.25, -0.2) is 4.79 Å². The van der Waals surface area contributed by atoms with Gasteiger partial charge in [0, 0.05) is 0 Å². The van der Waals surface area contributed by atoms with Gasteiger partial charge in [0.25, 0.3) is 0 Å². The van der Waals surface area contributed by atoms with Gasteiger partial charge in [-0.1, -0.05) is 6.92 Å². The number of hydrogen-bond donors (Lipinski definition) is 1. The highest BCUT2D eigenvalue weighted by atomic mass is 35.5. The van der Waals surface area contributed by atoms with E-state index in [1.54, 1.807) is 6.92 Å². The molecule has 0 radical (unpaired) electrons. The predicted molar refractivity (Wildman–Crippen MR) is 42.7 cm³/mol. The molecule has 0 amide bonds. The Balaban J connectivity index is 3.81. The summed E-state index contributed by atoms with van der Waals surface area (Å²) in [5, 5.41) is 8.49. The molecule has 1 N–H and O–H groups in total. The molecule has 0 unspecified atom stereocenters. The first kappa shape index (κ1) is 10.3. The molecule has 0 atom stereocenters. The van der Waals surface area contributed by atoms with Crippen molar-refractivity contribution in [2.75, 3.05) is 12.5 Å². The smallest absolute Gasteiger partial charge is 0.334 e. The highest BCUT2D eigenvalue weighted by Crippen LogP contribution is 2.00. The Morgan fingerprint density at radius 1 is 1.73 bits per heavy atom. The summed E-state index contributed by atoms with van der Waals surface area (Å²) in [5.74, 6) is -0.574. The Labute approximate surface area is 70.6 Å². The maximum absolute atomic E-state index is 10.3. The van der Waals surface area contributed by atoms with E-state index in [-0.39, 0.29) is 5.57 Å². The lowest BCUT2D eigenvalue weighted by Gasteiger charge is -1.98. The second-order valence-corrected chi connectivity index (χ2v) is 2.24. The molecule has 3 nitrogen and oxygen atoms in total. The third-order valence-electron chi connectivity index (χ3n) is 1.08. The normalized spacial score (nSPS) is 11.3. The number of carboxylic acid groups (broad SMARTS) is 1. The van der Waals surface area contributed by atoms with Crippen LogP contribution in [0.25, 0.3) is 0 Å². The Bertz CT molecular complexity index is 154. The maximum Gasteiger partial charge on any atom is 0.334 e. The lowest BCUT2D eigenvalue weighted by molar-refractivity contribution is -0.132. The summed E-state index contributed by atoms with van der Waals surface area (Å²) >= 11 is 5.31. The molecule has 4 heteroatoms. The first-order valence-corrected chi connectivity index (χ1v) is 3.85. The summed E-state index contributed by atoms with van der Waals surface area (Å²) in [6.07, 6.45) is 1.70. The van der Waals surface area contributed by atoms with Crippen LogP contribution in [-0.4, -0.2) is 23.6 Å². The van der Waals surface area contributed by atoms with Gasteiger partial charge in [0.2, 0.25) is 0 Å². The van der Waals surface area contributed by atoms with Gasteiger partial charge in [-0.05, 0) is 6.42 Å². The summed E-state index contributed by atoms with van der Waals surface area (Å²) in [4.78, 5) is 10.3. The highest BCUT2D eigenvalue weighted by Gasteiger charge is 2.03. The third kappa shape index (κ3) is 4.67.